The lowest BCUT2D eigenvalue weighted by atomic mass is 10.1. The summed E-state index contributed by atoms with van der Waals surface area (Å²) in [6.07, 6.45) is 3.96. The minimum atomic E-state index is -0.177. The Morgan fingerprint density at radius 2 is 1.28 bits per heavy atom. The fourth-order valence-corrected chi connectivity index (χ4v) is 3.94. The molecule has 0 heterocycles. The second-order valence-corrected chi connectivity index (χ2v) is 8.77. The molecule has 0 aliphatic heterocycles. The third-order valence-electron chi connectivity index (χ3n) is 6.19. The van der Waals surface area contributed by atoms with Crippen LogP contribution in [0.3, 0.4) is 0 Å². The molecule has 3 aromatic carbocycles. The maximum Gasteiger partial charge on any atom is 0.255 e. The van der Waals surface area contributed by atoms with Crippen LogP contribution in [0.1, 0.15) is 51.5 Å². The fraction of sp³-hybridized carbons (Fsp3) is 0.259. The van der Waals surface area contributed by atoms with E-state index < -0.39 is 0 Å². The van der Waals surface area contributed by atoms with Gasteiger partial charge in [-0.1, -0.05) is 30.3 Å². The first-order valence-corrected chi connectivity index (χ1v) is 11.3. The summed E-state index contributed by atoms with van der Waals surface area (Å²) in [5.74, 6) is 1.15. The molecule has 2 saturated carbocycles. The standard InChI is InChI=1S/C27H27N3O2/c31-26(20-4-2-1-3-5-20)29-23-14-10-21(11-15-23)27(32)30-22-12-8-19(9-13-22)24-16-25(24)28-17-18-6-7-18/h1-5,8-15,18,24-25,28H,6-7,16-17H2,(H,29,31)(H,30,32)/t24-,25+/m0/s1. The number of rotatable bonds is 8. The van der Waals surface area contributed by atoms with E-state index in [9.17, 15) is 9.59 Å². The highest BCUT2D eigenvalue weighted by Crippen LogP contribution is 2.41. The number of nitrogens with one attached hydrogen (secondary N) is 3. The monoisotopic (exact) mass is 425 g/mol. The van der Waals surface area contributed by atoms with E-state index in [0.717, 1.165) is 18.2 Å². The van der Waals surface area contributed by atoms with E-state index in [1.54, 1.807) is 36.4 Å². The smallest absolute Gasteiger partial charge is 0.255 e. The molecule has 0 unspecified atom stereocenters. The summed E-state index contributed by atoms with van der Waals surface area (Å²) < 4.78 is 0. The van der Waals surface area contributed by atoms with Crippen LogP contribution in [0, 0.1) is 5.92 Å². The molecule has 2 atom stereocenters. The summed E-state index contributed by atoms with van der Waals surface area (Å²) in [4.78, 5) is 24.8. The minimum Gasteiger partial charge on any atom is -0.322 e. The second kappa shape index (κ2) is 8.97. The normalized spacial score (nSPS) is 19.2. The molecule has 2 fully saturated rings. The number of anilines is 2. The van der Waals surface area contributed by atoms with Crippen LogP contribution in [-0.2, 0) is 0 Å². The largest absolute Gasteiger partial charge is 0.322 e. The van der Waals surface area contributed by atoms with E-state index in [2.05, 4.69) is 28.1 Å². The van der Waals surface area contributed by atoms with Gasteiger partial charge in [0.1, 0.15) is 0 Å². The summed E-state index contributed by atoms with van der Waals surface area (Å²) >= 11 is 0. The molecule has 0 saturated heterocycles. The van der Waals surface area contributed by atoms with Gasteiger partial charge in [-0.2, -0.15) is 0 Å². The van der Waals surface area contributed by atoms with Crippen molar-refractivity contribution in [2.45, 2.75) is 31.2 Å². The van der Waals surface area contributed by atoms with Crippen molar-refractivity contribution in [1.29, 1.82) is 0 Å². The molecular weight excluding hydrogens is 398 g/mol. The van der Waals surface area contributed by atoms with E-state index in [4.69, 9.17) is 0 Å². The molecule has 3 N–H and O–H groups in total. The Balaban J connectivity index is 1.13. The molecule has 0 bridgehead atoms. The summed E-state index contributed by atoms with van der Waals surface area (Å²) in [7, 11) is 0. The zero-order chi connectivity index (χ0) is 21.9. The van der Waals surface area contributed by atoms with E-state index >= 15 is 0 Å². The van der Waals surface area contributed by atoms with E-state index in [-0.39, 0.29) is 11.8 Å². The van der Waals surface area contributed by atoms with Crippen molar-refractivity contribution in [3.8, 4) is 0 Å². The van der Waals surface area contributed by atoms with Crippen LogP contribution < -0.4 is 16.0 Å². The van der Waals surface area contributed by atoms with Crippen LogP contribution in [0.2, 0.25) is 0 Å². The lowest BCUT2D eigenvalue weighted by molar-refractivity contribution is 0.102. The molecular formula is C27H27N3O2. The van der Waals surface area contributed by atoms with Gasteiger partial charge < -0.3 is 16.0 Å². The van der Waals surface area contributed by atoms with Crippen LogP contribution in [0.15, 0.2) is 78.9 Å². The number of amides is 2. The summed E-state index contributed by atoms with van der Waals surface area (Å²) in [6, 6.07) is 24.7. The van der Waals surface area contributed by atoms with Crippen LogP contribution in [0.5, 0.6) is 0 Å². The van der Waals surface area contributed by atoms with Gasteiger partial charge in [0, 0.05) is 34.5 Å². The summed E-state index contributed by atoms with van der Waals surface area (Å²) in [5.41, 5.74) is 3.89. The molecule has 162 valence electrons. The number of hydrogen-bond acceptors (Lipinski definition) is 3. The van der Waals surface area contributed by atoms with Gasteiger partial charge in [-0.25, -0.2) is 0 Å². The number of carbonyl (C=O) groups is 2. The highest BCUT2D eigenvalue weighted by Gasteiger charge is 2.38. The quantitative estimate of drug-likeness (QED) is 0.473. The molecule has 3 aromatic rings. The maximum atomic E-state index is 12.6. The number of benzene rings is 3. The van der Waals surface area contributed by atoms with Crippen LogP contribution in [0.4, 0.5) is 11.4 Å². The molecule has 2 amide bonds. The van der Waals surface area contributed by atoms with Gasteiger partial charge in [-0.15, -0.1) is 0 Å². The van der Waals surface area contributed by atoms with Crippen LogP contribution in [0.25, 0.3) is 0 Å². The maximum absolute atomic E-state index is 12.6. The minimum absolute atomic E-state index is 0.172. The topological polar surface area (TPSA) is 70.2 Å². The Morgan fingerprint density at radius 3 is 1.88 bits per heavy atom. The van der Waals surface area contributed by atoms with Gasteiger partial charge in [0.05, 0.1) is 0 Å². The molecule has 32 heavy (non-hydrogen) atoms. The predicted molar refractivity (Wildman–Crippen MR) is 127 cm³/mol. The summed E-state index contributed by atoms with van der Waals surface area (Å²) in [6.45, 7) is 1.16. The van der Waals surface area contributed by atoms with Crippen molar-refractivity contribution in [1.82, 2.24) is 5.32 Å². The van der Waals surface area contributed by atoms with Gasteiger partial charge in [0.25, 0.3) is 11.8 Å². The van der Waals surface area contributed by atoms with Gasteiger partial charge >= 0.3 is 0 Å². The average Bonchev–Trinajstić information content (AvgIpc) is 3.75. The van der Waals surface area contributed by atoms with E-state index in [1.165, 1.54) is 24.8 Å². The second-order valence-electron chi connectivity index (χ2n) is 8.77. The predicted octanol–water partition coefficient (Wildman–Crippen LogP) is 5.05. The molecule has 0 aromatic heterocycles. The number of hydrogen-bond donors (Lipinski definition) is 3. The average molecular weight is 426 g/mol. The Morgan fingerprint density at radius 1 is 0.719 bits per heavy atom. The molecule has 5 nitrogen and oxygen atoms in total. The van der Waals surface area contributed by atoms with Crippen LogP contribution >= 0.6 is 0 Å². The van der Waals surface area contributed by atoms with Crippen molar-refractivity contribution in [2.24, 2.45) is 5.92 Å². The third-order valence-corrected chi connectivity index (χ3v) is 6.19. The first-order chi connectivity index (χ1) is 15.7. The Bertz CT molecular complexity index is 1090. The third kappa shape index (κ3) is 5.06. The molecule has 2 aliphatic rings. The van der Waals surface area contributed by atoms with Crippen LogP contribution in [-0.4, -0.2) is 24.4 Å². The fourth-order valence-electron chi connectivity index (χ4n) is 3.94. The number of carbonyl (C=O) groups excluding carboxylic acids is 2. The highest BCUT2D eigenvalue weighted by molar-refractivity contribution is 6.06. The Hall–Kier alpha value is -3.44. The van der Waals surface area contributed by atoms with Crippen molar-refractivity contribution in [2.75, 3.05) is 17.2 Å². The van der Waals surface area contributed by atoms with Crippen molar-refractivity contribution in [3.05, 3.63) is 95.6 Å². The first kappa shape index (κ1) is 20.5. The highest BCUT2D eigenvalue weighted by atomic mass is 16.2. The lowest BCUT2D eigenvalue weighted by Crippen LogP contribution is -2.20. The van der Waals surface area contributed by atoms with Crippen molar-refractivity contribution in [3.63, 3.8) is 0 Å². The SMILES string of the molecule is O=C(Nc1ccc(C(=O)Nc2ccc([C@@H]3C[C@H]3NCC3CC3)cc2)cc1)c1ccccc1. The van der Waals surface area contributed by atoms with E-state index in [0.29, 0.717) is 28.8 Å². The molecule has 0 spiro atoms. The van der Waals surface area contributed by atoms with Gasteiger partial charge in [-0.05, 0) is 85.8 Å². The zero-order valence-corrected chi connectivity index (χ0v) is 17.9. The molecule has 2 aliphatic carbocycles. The Labute approximate surface area is 188 Å². The van der Waals surface area contributed by atoms with Crippen molar-refractivity contribution < 1.29 is 9.59 Å². The molecule has 5 heteroatoms. The van der Waals surface area contributed by atoms with E-state index in [1.807, 2.05) is 30.3 Å². The van der Waals surface area contributed by atoms with Gasteiger partial charge in [0.15, 0.2) is 0 Å². The zero-order valence-electron chi connectivity index (χ0n) is 17.9. The van der Waals surface area contributed by atoms with Crippen molar-refractivity contribution >= 4 is 23.2 Å². The lowest BCUT2D eigenvalue weighted by Gasteiger charge is -2.09. The Kier molecular flexibility index (Phi) is 5.73. The summed E-state index contributed by atoms with van der Waals surface area (Å²) in [5, 5.41) is 9.46. The van der Waals surface area contributed by atoms with Gasteiger partial charge in [-0.3, -0.25) is 9.59 Å². The molecule has 0 radical (unpaired) electrons. The molecule has 5 rings (SSSR count). The first-order valence-electron chi connectivity index (χ1n) is 11.3. The van der Waals surface area contributed by atoms with Gasteiger partial charge in [0.2, 0.25) is 0 Å².